The molecule has 84 valence electrons. The van der Waals surface area contributed by atoms with Crippen molar-refractivity contribution in [2.75, 3.05) is 25.2 Å². The Morgan fingerprint density at radius 1 is 1.56 bits per heavy atom. The largest absolute Gasteiger partial charge is 0.464 e. The fraction of sp³-hybridized carbons (Fsp3) is 0.300. The highest BCUT2D eigenvalue weighted by molar-refractivity contribution is 5.87. The van der Waals surface area contributed by atoms with Gasteiger partial charge in [-0.3, -0.25) is 5.01 Å². The zero-order chi connectivity index (χ0) is 11.4. The molecule has 0 fully saturated rings. The van der Waals surface area contributed by atoms with E-state index in [0.29, 0.717) is 5.69 Å². The van der Waals surface area contributed by atoms with Crippen LogP contribution in [0.4, 0.5) is 5.69 Å². The summed E-state index contributed by atoms with van der Waals surface area (Å²) in [7, 11) is 1.33. The minimum Gasteiger partial charge on any atom is -0.464 e. The second-order valence-electron chi connectivity index (χ2n) is 3.22. The molecule has 1 aromatic heterocycles. The van der Waals surface area contributed by atoms with Crippen molar-refractivity contribution in [2.24, 2.45) is 5.10 Å². The maximum atomic E-state index is 11.2. The standard InChI is InChI=1S/C10H12N4O2/c1-16-10(15)9-3-2-8(6-12-9)14-5-4-11-7-13-14/h2-3,6-7H,4-5H2,1H3,(H,11,13). The van der Waals surface area contributed by atoms with Crippen molar-refractivity contribution in [3.8, 4) is 0 Å². The molecule has 0 aliphatic carbocycles. The lowest BCUT2D eigenvalue weighted by Gasteiger charge is -2.21. The minimum absolute atomic E-state index is 0.297. The van der Waals surface area contributed by atoms with Gasteiger partial charge in [-0.2, -0.15) is 5.10 Å². The number of ether oxygens (including phenoxy) is 1. The Balaban J connectivity index is 2.15. The predicted octanol–water partition coefficient (Wildman–Crippen LogP) is 0.221. The second-order valence-corrected chi connectivity index (χ2v) is 3.22. The molecule has 2 rings (SSSR count). The summed E-state index contributed by atoms with van der Waals surface area (Å²) in [6, 6.07) is 3.42. The summed E-state index contributed by atoms with van der Waals surface area (Å²) < 4.78 is 4.57. The molecule has 0 radical (unpaired) electrons. The lowest BCUT2D eigenvalue weighted by molar-refractivity contribution is 0.0594. The van der Waals surface area contributed by atoms with E-state index in [1.807, 2.05) is 5.01 Å². The molecule has 0 bridgehead atoms. The lowest BCUT2D eigenvalue weighted by atomic mass is 10.3. The Kier molecular flexibility index (Phi) is 3.00. The first-order chi connectivity index (χ1) is 7.81. The van der Waals surface area contributed by atoms with E-state index in [9.17, 15) is 4.79 Å². The van der Waals surface area contributed by atoms with Crippen LogP contribution in [0, 0.1) is 0 Å². The van der Waals surface area contributed by atoms with Crippen LogP contribution < -0.4 is 10.3 Å². The fourth-order valence-electron chi connectivity index (χ4n) is 1.36. The third-order valence-electron chi connectivity index (χ3n) is 2.20. The average molecular weight is 220 g/mol. The van der Waals surface area contributed by atoms with Crippen LogP contribution in [-0.2, 0) is 4.74 Å². The summed E-state index contributed by atoms with van der Waals surface area (Å²) in [6.45, 7) is 1.61. The van der Waals surface area contributed by atoms with Gasteiger partial charge in [-0.05, 0) is 12.1 Å². The summed E-state index contributed by atoms with van der Waals surface area (Å²) in [4.78, 5) is 15.2. The van der Waals surface area contributed by atoms with Gasteiger partial charge in [0.25, 0.3) is 0 Å². The summed E-state index contributed by atoms with van der Waals surface area (Å²) >= 11 is 0. The number of nitrogens with zero attached hydrogens (tertiary/aromatic N) is 3. The highest BCUT2D eigenvalue weighted by atomic mass is 16.5. The van der Waals surface area contributed by atoms with Crippen molar-refractivity contribution in [2.45, 2.75) is 0 Å². The van der Waals surface area contributed by atoms with Gasteiger partial charge in [-0.1, -0.05) is 0 Å². The number of methoxy groups -OCH3 is 1. The molecule has 0 saturated carbocycles. The molecular weight excluding hydrogens is 208 g/mol. The zero-order valence-corrected chi connectivity index (χ0v) is 8.88. The number of hydrazone groups is 1. The van der Waals surface area contributed by atoms with Crippen LogP contribution in [0.5, 0.6) is 0 Å². The molecule has 0 unspecified atom stereocenters. The van der Waals surface area contributed by atoms with Crippen LogP contribution >= 0.6 is 0 Å². The Morgan fingerprint density at radius 3 is 3.00 bits per heavy atom. The SMILES string of the molecule is COC(=O)c1ccc(N2CCNC=N2)cn1. The Hall–Kier alpha value is -2.11. The number of pyridine rings is 1. The molecule has 0 atom stereocenters. The van der Waals surface area contributed by atoms with Crippen molar-refractivity contribution in [1.82, 2.24) is 10.3 Å². The molecule has 1 aliphatic rings. The molecular formula is C10H12N4O2. The van der Waals surface area contributed by atoms with Gasteiger partial charge in [0, 0.05) is 6.54 Å². The third-order valence-corrected chi connectivity index (χ3v) is 2.20. The van der Waals surface area contributed by atoms with Crippen molar-refractivity contribution < 1.29 is 9.53 Å². The van der Waals surface area contributed by atoms with Gasteiger partial charge in [0.1, 0.15) is 12.0 Å². The number of carbonyl (C=O) groups excluding carboxylic acids is 1. The van der Waals surface area contributed by atoms with E-state index in [0.717, 1.165) is 18.8 Å². The molecule has 0 aromatic carbocycles. The zero-order valence-electron chi connectivity index (χ0n) is 8.88. The van der Waals surface area contributed by atoms with Crippen LogP contribution in [0.25, 0.3) is 0 Å². The molecule has 0 amide bonds. The smallest absolute Gasteiger partial charge is 0.356 e. The monoisotopic (exact) mass is 220 g/mol. The van der Waals surface area contributed by atoms with E-state index >= 15 is 0 Å². The van der Waals surface area contributed by atoms with Crippen LogP contribution in [-0.4, -0.2) is 37.5 Å². The van der Waals surface area contributed by atoms with E-state index in [1.165, 1.54) is 7.11 Å². The number of carbonyl (C=O) groups is 1. The van der Waals surface area contributed by atoms with Gasteiger partial charge in [0.2, 0.25) is 0 Å². The first-order valence-corrected chi connectivity index (χ1v) is 4.89. The Bertz CT molecular complexity index is 402. The average Bonchev–Trinajstić information content (AvgIpc) is 2.39. The number of hydrogen-bond donors (Lipinski definition) is 1. The van der Waals surface area contributed by atoms with Gasteiger partial charge in [-0.25, -0.2) is 9.78 Å². The first kappa shape index (κ1) is 10.4. The highest BCUT2D eigenvalue weighted by Gasteiger charge is 2.10. The number of rotatable bonds is 2. The van der Waals surface area contributed by atoms with E-state index < -0.39 is 5.97 Å². The summed E-state index contributed by atoms with van der Waals surface area (Å²) in [5, 5.41) is 8.94. The van der Waals surface area contributed by atoms with Gasteiger partial charge in [0.15, 0.2) is 0 Å². The van der Waals surface area contributed by atoms with E-state index in [-0.39, 0.29) is 0 Å². The molecule has 6 nitrogen and oxygen atoms in total. The topological polar surface area (TPSA) is 66.8 Å². The number of esters is 1. The Labute approximate surface area is 92.9 Å². The van der Waals surface area contributed by atoms with Gasteiger partial charge < -0.3 is 10.1 Å². The predicted molar refractivity (Wildman–Crippen MR) is 59.4 cm³/mol. The van der Waals surface area contributed by atoms with Crippen LogP contribution in [0.3, 0.4) is 0 Å². The number of anilines is 1. The molecule has 6 heteroatoms. The normalized spacial score (nSPS) is 14.4. The van der Waals surface area contributed by atoms with Crippen LogP contribution in [0.2, 0.25) is 0 Å². The van der Waals surface area contributed by atoms with E-state index in [4.69, 9.17) is 0 Å². The number of hydrogen-bond acceptors (Lipinski definition) is 6. The first-order valence-electron chi connectivity index (χ1n) is 4.89. The number of nitrogens with one attached hydrogen (secondary N) is 1. The molecule has 16 heavy (non-hydrogen) atoms. The van der Waals surface area contributed by atoms with Gasteiger partial charge in [-0.15, -0.1) is 0 Å². The van der Waals surface area contributed by atoms with Crippen molar-refractivity contribution in [3.05, 3.63) is 24.0 Å². The summed E-state index contributed by atoms with van der Waals surface area (Å²) in [6.07, 6.45) is 3.24. The number of aromatic nitrogens is 1. The Morgan fingerprint density at radius 2 is 2.44 bits per heavy atom. The van der Waals surface area contributed by atoms with Gasteiger partial charge >= 0.3 is 5.97 Å². The molecule has 2 heterocycles. The molecule has 1 N–H and O–H groups in total. The lowest BCUT2D eigenvalue weighted by Crippen LogP contribution is -2.34. The van der Waals surface area contributed by atoms with Crippen LogP contribution in [0.15, 0.2) is 23.4 Å². The highest BCUT2D eigenvalue weighted by Crippen LogP contribution is 2.14. The molecule has 0 saturated heterocycles. The second kappa shape index (κ2) is 4.61. The molecule has 0 spiro atoms. The maximum absolute atomic E-state index is 11.2. The van der Waals surface area contributed by atoms with E-state index in [2.05, 4.69) is 20.1 Å². The van der Waals surface area contributed by atoms with E-state index in [1.54, 1.807) is 24.7 Å². The maximum Gasteiger partial charge on any atom is 0.356 e. The fourth-order valence-corrected chi connectivity index (χ4v) is 1.36. The quantitative estimate of drug-likeness (QED) is 0.722. The third kappa shape index (κ3) is 2.10. The molecule has 1 aromatic rings. The van der Waals surface area contributed by atoms with Gasteiger partial charge in [0.05, 0.1) is 25.5 Å². The minimum atomic E-state index is -0.435. The molecule has 1 aliphatic heterocycles. The summed E-state index contributed by atoms with van der Waals surface area (Å²) in [5.74, 6) is -0.435. The van der Waals surface area contributed by atoms with Crippen molar-refractivity contribution in [1.29, 1.82) is 0 Å². The van der Waals surface area contributed by atoms with Crippen LogP contribution in [0.1, 0.15) is 10.5 Å². The van der Waals surface area contributed by atoms with Crippen molar-refractivity contribution in [3.63, 3.8) is 0 Å². The van der Waals surface area contributed by atoms with Crippen molar-refractivity contribution >= 4 is 18.0 Å². The summed E-state index contributed by atoms with van der Waals surface area (Å²) in [5.41, 5.74) is 1.15.